The third-order valence-electron chi connectivity index (χ3n) is 3.55. The molecule has 1 fully saturated rings. The Bertz CT molecular complexity index is 716. The van der Waals surface area contributed by atoms with Crippen LogP contribution in [0.15, 0.2) is 48.8 Å². The van der Waals surface area contributed by atoms with Gasteiger partial charge in [0.2, 0.25) is 0 Å². The largest absolute Gasteiger partial charge is 0.444 e. The first kappa shape index (κ1) is 15.0. The van der Waals surface area contributed by atoms with Gasteiger partial charge in [0.1, 0.15) is 18.5 Å². The van der Waals surface area contributed by atoms with Crippen molar-refractivity contribution in [2.75, 3.05) is 4.90 Å². The Morgan fingerprint density at radius 3 is 2.70 bits per heavy atom. The molecule has 0 spiro atoms. The number of benzene rings is 1. The highest BCUT2D eigenvalue weighted by molar-refractivity contribution is 5.91. The maximum absolute atomic E-state index is 12.4. The third kappa shape index (κ3) is 3.45. The van der Waals surface area contributed by atoms with Crippen molar-refractivity contribution < 1.29 is 14.5 Å². The van der Waals surface area contributed by atoms with Gasteiger partial charge in [-0.2, -0.15) is 0 Å². The number of hydrogen-bond donors (Lipinski definition) is 0. The number of carbonyl (C=O) groups is 1. The highest BCUT2D eigenvalue weighted by Gasteiger charge is 2.38. The van der Waals surface area contributed by atoms with E-state index in [0.29, 0.717) is 0 Å². The lowest BCUT2D eigenvalue weighted by Gasteiger charge is -2.21. The summed E-state index contributed by atoms with van der Waals surface area (Å²) in [7, 11) is 0. The molecule has 0 radical (unpaired) electrons. The Morgan fingerprint density at radius 1 is 1.30 bits per heavy atom. The normalized spacial score (nSPS) is 13.4. The molecule has 1 aromatic heterocycles. The van der Waals surface area contributed by atoms with E-state index in [2.05, 4.69) is 4.98 Å². The second-order valence-electron chi connectivity index (χ2n) is 5.26. The standard InChI is InChI=1S/C16H15N3O4/c20-16(23-11-12-4-2-1-3-5-12)18(13-6-7-13)14-8-9-17-10-15(14)19(21)22/h1-5,8-10,13H,6-7,11H2. The van der Waals surface area contributed by atoms with E-state index in [4.69, 9.17) is 4.74 Å². The fourth-order valence-corrected chi connectivity index (χ4v) is 2.29. The van der Waals surface area contributed by atoms with E-state index in [9.17, 15) is 14.9 Å². The molecule has 0 bridgehead atoms. The fourth-order valence-electron chi connectivity index (χ4n) is 2.29. The Morgan fingerprint density at radius 2 is 2.04 bits per heavy atom. The molecule has 7 heteroatoms. The number of nitro groups is 1. The van der Waals surface area contributed by atoms with Gasteiger partial charge in [-0.05, 0) is 24.5 Å². The van der Waals surface area contributed by atoms with Gasteiger partial charge in [0.05, 0.1) is 4.92 Å². The van der Waals surface area contributed by atoms with Gasteiger partial charge in [0.25, 0.3) is 0 Å². The molecule has 1 amide bonds. The van der Waals surface area contributed by atoms with Crippen molar-refractivity contribution in [1.29, 1.82) is 0 Å². The minimum absolute atomic E-state index is 0.0561. The maximum Gasteiger partial charge on any atom is 0.415 e. The highest BCUT2D eigenvalue weighted by atomic mass is 16.6. The predicted molar refractivity (Wildman–Crippen MR) is 83.0 cm³/mol. The summed E-state index contributed by atoms with van der Waals surface area (Å²) in [6, 6.07) is 10.7. The summed E-state index contributed by atoms with van der Waals surface area (Å²) in [5.74, 6) is 0. The summed E-state index contributed by atoms with van der Waals surface area (Å²) >= 11 is 0. The number of ether oxygens (including phenoxy) is 1. The highest BCUT2D eigenvalue weighted by Crippen LogP contribution is 2.36. The average Bonchev–Trinajstić information content (AvgIpc) is 3.39. The van der Waals surface area contributed by atoms with Crippen molar-refractivity contribution in [2.24, 2.45) is 0 Å². The van der Waals surface area contributed by atoms with Crippen LogP contribution in [0.25, 0.3) is 0 Å². The average molecular weight is 313 g/mol. The Kier molecular flexibility index (Phi) is 4.18. The SMILES string of the molecule is O=C(OCc1ccccc1)N(c1ccncc1[N+](=O)[O-])C1CC1. The summed E-state index contributed by atoms with van der Waals surface area (Å²) in [5.41, 5.74) is 0.891. The Hall–Kier alpha value is -2.96. The smallest absolute Gasteiger partial charge is 0.415 e. The van der Waals surface area contributed by atoms with Crippen molar-refractivity contribution in [3.63, 3.8) is 0 Å². The van der Waals surface area contributed by atoms with E-state index in [1.807, 2.05) is 30.3 Å². The van der Waals surface area contributed by atoms with Crippen molar-refractivity contribution in [3.8, 4) is 0 Å². The van der Waals surface area contributed by atoms with Crippen molar-refractivity contribution in [1.82, 2.24) is 4.98 Å². The van der Waals surface area contributed by atoms with Gasteiger partial charge in [0.15, 0.2) is 0 Å². The molecule has 118 valence electrons. The van der Waals surface area contributed by atoms with E-state index in [0.717, 1.165) is 24.6 Å². The lowest BCUT2D eigenvalue weighted by molar-refractivity contribution is -0.384. The molecule has 23 heavy (non-hydrogen) atoms. The molecule has 1 saturated carbocycles. The summed E-state index contributed by atoms with van der Waals surface area (Å²) < 4.78 is 5.32. The summed E-state index contributed by atoms with van der Waals surface area (Å²) in [6.07, 6.45) is 3.61. The van der Waals surface area contributed by atoms with E-state index in [1.165, 1.54) is 17.2 Å². The van der Waals surface area contributed by atoms with Crippen LogP contribution < -0.4 is 4.90 Å². The second-order valence-corrected chi connectivity index (χ2v) is 5.26. The van der Waals surface area contributed by atoms with Gasteiger partial charge < -0.3 is 4.74 Å². The lowest BCUT2D eigenvalue weighted by Crippen LogP contribution is -2.34. The minimum atomic E-state index is -0.578. The molecule has 0 atom stereocenters. The van der Waals surface area contributed by atoms with Gasteiger partial charge in [0, 0.05) is 12.2 Å². The van der Waals surface area contributed by atoms with Gasteiger partial charge in [-0.3, -0.25) is 20.0 Å². The van der Waals surface area contributed by atoms with E-state index in [-0.39, 0.29) is 24.0 Å². The maximum atomic E-state index is 12.4. The zero-order valence-electron chi connectivity index (χ0n) is 12.3. The number of nitrogens with zero attached hydrogens (tertiary/aromatic N) is 3. The topological polar surface area (TPSA) is 85.6 Å². The van der Waals surface area contributed by atoms with Crippen LogP contribution in [0.3, 0.4) is 0 Å². The van der Waals surface area contributed by atoms with Crippen LogP contribution >= 0.6 is 0 Å². The molecule has 2 aromatic rings. The number of amides is 1. The molecule has 7 nitrogen and oxygen atoms in total. The monoisotopic (exact) mass is 313 g/mol. The first-order valence-corrected chi connectivity index (χ1v) is 7.25. The van der Waals surface area contributed by atoms with Crippen molar-refractivity contribution in [3.05, 3.63) is 64.5 Å². The fraction of sp³-hybridized carbons (Fsp3) is 0.250. The lowest BCUT2D eigenvalue weighted by atomic mass is 10.2. The van der Waals surface area contributed by atoms with Crippen molar-refractivity contribution in [2.45, 2.75) is 25.5 Å². The minimum Gasteiger partial charge on any atom is -0.444 e. The number of carbonyl (C=O) groups excluding carboxylic acids is 1. The van der Waals surface area contributed by atoms with E-state index < -0.39 is 11.0 Å². The van der Waals surface area contributed by atoms with Crippen molar-refractivity contribution >= 4 is 17.5 Å². The summed E-state index contributed by atoms with van der Waals surface area (Å²) in [6.45, 7) is 0.127. The second kappa shape index (κ2) is 6.43. The molecule has 0 N–H and O–H groups in total. The molecule has 0 saturated heterocycles. The first-order valence-electron chi connectivity index (χ1n) is 7.25. The number of pyridine rings is 1. The van der Waals surface area contributed by atoms with Crippen LogP contribution in [0.1, 0.15) is 18.4 Å². The van der Waals surface area contributed by atoms with Gasteiger partial charge in [-0.1, -0.05) is 30.3 Å². The predicted octanol–water partition coefficient (Wildman–Crippen LogP) is 3.30. The number of hydrogen-bond acceptors (Lipinski definition) is 5. The molecule has 1 aliphatic rings. The summed E-state index contributed by atoms with van der Waals surface area (Å²) in [5, 5.41) is 11.2. The van der Waals surface area contributed by atoms with E-state index in [1.54, 1.807) is 0 Å². The Balaban J connectivity index is 1.79. The summed E-state index contributed by atoms with van der Waals surface area (Å²) in [4.78, 5) is 28.2. The Labute approximate surface area is 132 Å². The number of rotatable bonds is 5. The molecule has 1 aromatic carbocycles. The molecule has 0 aliphatic heterocycles. The molecule has 0 unspecified atom stereocenters. The van der Waals surface area contributed by atoms with Gasteiger partial charge >= 0.3 is 11.8 Å². The van der Waals surface area contributed by atoms with Crippen LogP contribution in [0, 0.1) is 10.1 Å². The molecule has 1 heterocycles. The van der Waals surface area contributed by atoms with Crippen LogP contribution in [-0.4, -0.2) is 22.0 Å². The molecule has 1 aliphatic carbocycles. The quantitative estimate of drug-likeness (QED) is 0.624. The van der Waals surface area contributed by atoms with E-state index >= 15 is 0 Å². The zero-order chi connectivity index (χ0) is 16.2. The number of anilines is 1. The molecular weight excluding hydrogens is 298 g/mol. The van der Waals surface area contributed by atoms with Crippen LogP contribution in [0.2, 0.25) is 0 Å². The van der Waals surface area contributed by atoms with Gasteiger partial charge in [-0.15, -0.1) is 0 Å². The van der Waals surface area contributed by atoms with Crippen LogP contribution in [0.4, 0.5) is 16.2 Å². The zero-order valence-corrected chi connectivity index (χ0v) is 12.3. The molecule has 3 rings (SSSR count). The third-order valence-corrected chi connectivity index (χ3v) is 3.55. The number of aromatic nitrogens is 1. The van der Waals surface area contributed by atoms with Crippen LogP contribution in [-0.2, 0) is 11.3 Å². The molecular formula is C16H15N3O4. The first-order chi connectivity index (χ1) is 11.2. The van der Waals surface area contributed by atoms with Crippen LogP contribution in [0.5, 0.6) is 0 Å². The van der Waals surface area contributed by atoms with Gasteiger partial charge in [-0.25, -0.2) is 4.79 Å².